The highest BCUT2D eigenvalue weighted by Gasteiger charge is 2.36. The van der Waals surface area contributed by atoms with Crippen molar-refractivity contribution < 1.29 is 22.5 Å². The average molecular weight is 359 g/mol. The first kappa shape index (κ1) is 17.4. The van der Waals surface area contributed by atoms with E-state index in [0.29, 0.717) is 22.0 Å². The van der Waals surface area contributed by atoms with Gasteiger partial charge in [-0.2, -0.15) is 0 Å². The van der Waals surface area contributed by atoms with E-state index in [1.165, 1.54) is 16.7 Å². The standard InChI is InChI=1S/C17H17Cl2NO.ClH/c1-20-15-9-12(10-6-7-13(18)14(19)8-10)11-4-3-5-16(21-2)17(11)15;/h3-8,12,15,20H,9H2,1-2H3;1H/t12-,15+;/m0./s1. The Hall–Kier alpha value is -0.930. The van der Waals surface area contributed by atoms with Crippen LogP contribution in [0.3, 0.4) is 0 Å². The summed E-state index contributed by atoms with van der Waals surface area (Å²) in [7, 11) is 3.84. The molecular formula is C17H18Cl3NO. The summed E-state index contributed by atoms with van der Waals surface area (Å²) in [6.07, 6.45) is 1.05. The van der Waals surface area contributed by atoms with Crippen molar-refractivity contribution in [3.8, 4) is 5.75 Å². The smallest absolute Gasteiger partial charge is 0.128 e. The summed E-state index contributed by atoms with van der Waals surface area (Å²) >= 11 is 12.2. The van der Waals surface area contributed by atoms with Crippen LogP contribution in [0, 0.1) is 0 Å². The summed E-state index contributed by atoms with van der Waals surface area (Å²) in [5.41, 5.74) is 3.85. The number of halogens is 3. The van der Waals surface area contributed by atoms with Crippen LogP contribution < -0.4 is 22.5 Å². The highest BCUT2D eigenvalue weighted by molar-refractivity contribution is 6.42. The minimum Gasteiger partial charge on any atom is -1.00 e. The number of benzene rings is 2. The first-order valence-corrected chi connectivity index (χ1v) is 7.82. The molecule has 3 rings (SSSR count). The highest BCUT2D eigenvalue weighted by atomic mass is 35.5. The molecule has 0 saturated heterocycles. The number of fused-ring (bicyclic) bond motifs is 1. The summed E-state index contributed by atoms with van der Waals surface area (Å²) in [6.45, 7) is 0. The fourth-order valence-electron chi connectivity index (χ4n) is 3.29. The van der Waals surface area contributed by atoms with E-state index >= 15 is 0 Å². The molecule has 0 unspecified atom stereocenters. The fourth-order valence-corrected chi connectivity index (χ4v) is 3.59. The van der Waals surface area contributed by atoms with Crippen molar-refractivity contribution in [3.05, 3.63) is 63.1 Å². The largest absolute Gasteiger partial charge is 1.00 e. The van der Waals surface area contributed by atoms with E-state index in [2.05, 4.69) is 30.6 Å². The summed E-state index contributed by atoms with van der Waals surface area (Å²) < 4.78 is 5.55. The molecule has 0 heterocycles. The second-order valence-electron chi connectivity index (χ2n) is 5.36. The van der Waals surface area contributed by atoms with E-state index < -0.39 is 0 Å². The third-order valence-electron chi connectivity index (χ3n) is 4.30. The van der Waals surface area contributed by atoms with Crippen molar-refractivity contribution in [2.75, 3.05) is 14.2 Å². The topological polar surface area (TPSA) is 25.8 Å². The SMILES string of the molecule is C[NH2+][C@@H]1C[C@@H](c2ccc(Cl)c(Cl)c2)c2cccc(OC)c21.[Cl-]. The van der Waals surface area contributed by atoms with Gasteiger partial charge in [-0.05, 0) is 29.3 Å². The molecule has 0 bridgehead atoms. The fraction of sp³-hybridized carbons (Fsp3) is 0.294. The lowest BCUT2D eigenvalue weighted by molar-refractivity contribution is -0.669. The number of hydrogen-bond acceptors (Lipinski definition) is 1. The molecule has 0 fully saturated rings. The molecule has 2 atom stereocenters. The zero-order valence-corrected chi connectivity index (χ0v) is 14.7. The molecule has 118 valence electrons. The third-order valence-corrected chi connectivity index (χ3v) is 5.04. The summed E-state index contributed by atoms with van der Waals surface area (Å²) in [4.78, 5) is 0. The number of methoxy groups -OCH3 is 1. The van der Waals surface area contributed by atoms with Crippen molar-refractivity contribution in [3.63, 3.8) is 0 Å². The molecule has 1 aliphatic rings. The Morgan fingerprint density at radius 1 is 1.14 bits per heavy atom. The predicted octanol–water partition coefficient (Wildman–Crippen LogP) is 0.776. The monoisotopic (exact) mass is 357 g/mol. The van der Waals surface area contributed by atoms with Crippen LogP contribution in [0.25, 0.3) is 0 Å². The molecule has 0 aromatic heterocycles. The first-order valence-electron chi connectivity index (χ1n) is 7.07. The van der Waals surface area contributed by atoms with Crippen molar-refractivity contribution in [2.24, 2.45) is 0 Å². The Balaban J connectivity index is 0.00000176. The van der Waals surface area contributed by atoms with Gasteiger partial charge >= 0.3 is 0 Å². The van der Waals surface area contributed by atoms with Gasteiger partial charge in [0.25, 0.3) is 0 Å². The number of ether oxygens (including phenoxy) is 1. The van der Waals surface area contributed by atoms with Gasteiger partial charge in [0.15, 0.2) is 0 Å². The molecule has 0 amide bonds. The second-order valence-corrected chi connectivity index (χ2v) is 6.18. The summed E-state index contributed by atoms with van der Waals surface area (Å²) in [6, 6.07) is 12.6. The maximum absolute atomic E-state index is 6.18. The van der Waals surface area contributed by atoms with Crippen molar-refractivity contribution >= 4 is 23.2 Å². The zero-order valence-electron chi connectivity index (χ0n) is 12.4. The Morgan fingerprint density at radius 2 is 1.91 bits per heavy atom. The maximum atomic E-state index is 6.18. The minimum atomic E-state index is 0. The highest BCUT2D eigenvalue weighted by Crippen LogP contribution is 2.46. The van der Waals surface area contributed by atoms with Gasteiger partial charge in [-0.3, -0.25) is 0 Å². The Labute approximate surface area is 147 Å². The minimum absolute atomic E-state index is 0. The Bertz CT molecular complexity index is 675. The van der Waals surface area contributed by atoms with Gasteiger partial charge in [-0.15, -0.1) is 0 Å². The van der Waals surface area contributed by atoms with Crippen molar-refractivity contribution in [1.29, 1.82) is 0 Å². The van der Waals surface area contributed by atoms with E-state index in [1.54, 1.807) is 7.11 Å². The van der Waals surface area contributed by atoms with Crippen LogP contribution in [0.15, 0.2) is 36.4 Å². The molecule has 5 heteroatoms. The number of hydrogen-bond donors (Lipinski definition) is 1. The van der Waals surface area contributed by atoms with Crippen LogP contribution in [-0.4, -0.2) is 14.2 Å². The number of rotatable bonds is 3. The molecule has 2 aromatic rings. The van der Waals surface area contributed by atoms with E-state index in [1.807, 2.05) is 18.2 Å². The lowest BCUT2D eigenvalue weighted by Gasteiger charge is -2.13. The third kappa shape index (κ3) is 2.93. The van der Waals surface area contributed by atoms with Crippen LogP contribution in [0.2, 0.25) is 10.0 Å². The Morgan fingerprint density at radius 3 is 2.55 bits per heavy atom. The van der Waals surface area contributed by atoms with Crippen LogP contribution >= 0.6 is 23.2 Å². The van der Waals surface area contributed by atoms with Crippen molar-refractivity contribution in [1.82, 2.24) is 0 Å². The maximum Gasteiger partial charge on any atom is 0.128 e. The van der Waals surface area contributed by atoms with Gasteiger partial charge in [0.1, 0.15) is 11.8 Å². The molecule has 2 N–H and O–H groups in total. The summed E-state index contributed by atoms with van der Waals surface area (Å²) in [5, 5.41) is 3.46. The van der Waals surface area contributed by atoms with E-state index in [-0.39, 0.29) is 12.4 Å². The number of nitrogens with two attached hydrogens (primary N) is 1. The van der Waals surface area contributed by atoms with Crippen LogP contribution in [0.4, 0.5) is 0 Å². The zero-order chi connectivity index (χ0) is 15.0. The molecule has 2 nitrogen and oxygen atoms in total. The van der Waals surface area contributed by atoms with Gasteiger partial charge in [0.2, 0.25) is 0 Å². The van der Waals surface area contributed by atoms with E-state index in [4.69, 9.17) is 27.9 Å². The Kier molecular flexibility index (Phi) is 5.62. The molecule has 2 aromatic carbocycles. The molecule has 0 spiro atoms. The first-order chi connectivity index (χ1) is 10.2. The quantitative estimate of drug-likeness (QED) is 0.862. The lowest BCUT2D eigenvalue weighted by Crippen LogP contribution is -3.00. The van der Waals surface area contributed by atoms with Gasteiger partial charge < -0.3 is 22.5 Å². The normalized spacial score (nSPS) is 19.5. The molecule has 0 radical (unpaired) electrons. The molecule has 1 aliphatic carbocycles. The number of quaternary nitrogens is 1. The molecule has 22 heavy (non-hydrogen) atoms. The van der Waals surface area contributed by atoms with E-state index in [9.17, 15) is 0 Å². The molecule has 0 saturated carbocycles. The van der Waals surface area contributed by atoms with Gasteiger partial charge in [0.05, 0.1) is 29.8 Å². The van der Waals surface area contributed by atoms with Gasteiger partial charge in [-0.25, -0.2) is 0 Å². The molecular weight excluding hydrogens is 341 g/mol. The van der Waals surface area contributed by atoms with Crippen molar-refractivity contribution in [2.45, 2.75) is 18.4 Å². The van der Waals surface area contributed by atoms with Gasteiger partial charge in [-0.1, -0.05) is 41.4 Å². The van der Waals surface area contributed by atoms with Crippen LogP contribution in [0.1, 0.15) is 35.1 Å². The van der Waals surface area contributed by atoms with Crippen LogP contribution in [0.5, 0.6) is 5.75 Å². The van der Waals surface area contributed by atoms with Crippen LogP contribution in [-0.2, 0) is 0 Å². The summed E-state index contributed by atoms with van der Waals surface area (Å²) in [5.74, 6) is 1.31. The average Bonchev–Trinajstić information content (AvgIpc) is 2.89. The molecule has 0 aliphatic heterocycles. The lowest BCUT2D eigenvalue weighted by atomic mass is 9.93. The predicted molar refractivity (Wildman–Crippen MR) is 86.5 cm³/mol. The van der Waals surface area contributed by atoms with E-state index in [0.717, 1.165) is 12.2 Å². The second kappa shape index (κ2) is 7.10. The van der Waals surface area contributed by atoms with Gasteiger partial charge in [0, 0.05) is 12.3 Å².